The zero-order valence-corrected chi connectivity index (χ0v) is 22.7. The first kappa shape index (κ1) is 27.1. The number of methoxy groups -OCH3 is 1. The van der Waals surface area contributed by atoms with E-state index >= 15 is 0 Å². The second kappa shape index (κ2) is 12.6. The summed E-state index contributed by atoms with van der Waals surface area (Å²) in [7, 11) is 1.58. The predicted molar refractivity (Wildman–Crippen MR) is 150 cm³/mol. The van der Waals surface area contributed by atoms with Gasteiger partial charge in [-0.05, 0) is 73.9 Å². The molecule has 40 heavy (non-hydrogen) atoms. The zero-order chi connectivity index (χ0) is 27.9. The van der Waals surface area contributed by atoms with Gasteiger partial charge in [0, 0.05) is 18.8 Å². The van der Waals surface area contributed by atoms with Crippen LogP contribution in [0.25, 0.3) is 11.0 Å². The third-order valence-electron chi connectivity index (χ3n) is 6.87. The predicted octanol–water partition coefficient (Wildman–Crippen LogP) is 3.91. The summed E-state index contributed by atoms with van der Waals surface area (Å²) >= 11 is 0. The first-order valence-electron chi connectivity index (χ1n) is 13.4. The summed E-state index contributed by atoms with van der Waals surface area (Å²) < 4.78 is 18.2. The molecule has 1 aliphatic heterocycles. The number of ether oxygens (including phenoxy) is 3. The first-order valence-corrected chi connectivity index (χ1v) is 13.4. The van der Waals surface area contributed by atoms with Crippen molar-refractivity contribution in [3.05, 3.63) is 78.4 Å². The summed E-state index contributed by atoms with van der Waals surface area (Å²) in [6, 6.07) is 20.8. The summed E-state index contributed by atoms with van der Waals surface area (Å²) in [5.74, 6) is 0.680. The Morgan fingerprint density at radius 1 is 1.07 bits per heavy atom. The van der Waals surface area contributed by atoms with Crippen molar-refractivity contribution in [1.29, 1.82) is 0 Å². The Bertz CT molecular complexity index is 1430. The van der Waals surface area contributed by atoms with Crippen LogP contribution < -0.4 is 19.7 Å². The summed E-state index contributed by atoms with van der Waals surface area (Å²) in [4.78, 5) is 29.6. The van der Waals surface area contributed by atoms with E-state index in [1.165, 1.54) is 4.90 Å². The molecule has 5 rings (SSSR count). The molecule has 1 saturated heterocycles. The highest BCUT2D eigenvalue weighted by Crippen LogP contribution is 2.31. The Morgan fingerprint density at radius 3 is 2.52 bits per heavy atom. The lowest BCUT2D eigenvalue weighted by molar-refractivity contribution is -0.127. The fourth-order valence-electron chi connectivity index (χ4n) is 4.87. The maximum absolute atomic E-state index is 14.1. The minimum Gasteiger partial charge on any atom is -0.497 e. The number of fused-ring (bicyclic) bond motifs is 1. The fourth-order valence-corrected chi connectivity index (χ4v) is 4.87. The molecule has 10 nitrogen and oxygen atoms in total. The van der Waals surface area contributed by atoms with Gasteiger partial charge in [0.05, 0.1) is 25.3 Å². The quantitative estimate of drug-likeness (QED) is 0.306. The average Bonchev–Trinajstić information content (AvgIpc) is 3.66. The highest BCUT2D eigenvalue weighted by molar-refractivity contribution is 6.01. The van der Waals surface area contributed by atoms with Gasteiger partial charge in [-0.1, -0.05) is 29.5 Å². The highest BCUT2D eigenvalue weighted by Gasteiger charge is 2.34. The van der Waals surface area contributed by atoms with Gasteiger partial charge in [-0.15, -0.1) is 5.10 Å². The van der Waals surface area contributed by atoms with Gasteiger partial charge in [0.15, 0.2) is 0 Å². The number of nitrogens with zero attached hydrogens (tertiary/aromatic N) is 4. The molecule has 0 bridgehead atoms. The van der Waals surface area contributed by atoms with Crippen LogP contribution in [-0.2, 0) is 20.9 Å². The van der Waals surface area contributed by atoms with Crippen molar-refractivity contribution in [3.8, 4) is 11.5 Å². The number of aromatic nitrogens is 3. The van der Waals surface area contributed by atoms with E-state index in [-0.39, 0.29) is 24.5 Å². The molecule has 0 unspecified atom stereocenters. The standard InChI is InChI=1S/C30H33N5O5/c1-3-39-24-16-12-22(13-17-24)35(28(36)20-34-27-9-5-4-8-26(27)32-33-34)29(21-10-14-23(38-2)15-11-21)30(37)31-19-25-7-6-18-40-25/h4-5,8-17,25,29H,3,6-7,18-20H2,1-2H3,(H,31,37)/t25-,29-/m0/s1. The second-order valence-electron chi connectivity index (χ2n) is 9.48. The molecule has 1 aliphatic rings. The number of anilines is 1. The number of carbonyl (C=O) groups is 2. The summed E-state index contributed by atoms with van der Waals surface area (Å²) in [6.07, 6.45) is 1.80. The normalized spacial score (nSPS) is 15.5. The van der Waals surface area contributed by atoms with Gasteiger partial charge >= 0.3 is 0 Å². The molecule has 2 amide bonds. The van der Waals surface area contributed by atoms with Gasteiger partial charge in [-0.25, -0.2) is 4.68 Å². The van der Waals surface area contributed by atoms with Gasteiger partial charge in [0.25, 0.3) is 0 Å². The van der Waals surface area contributed by atoms with Crippen molar-refractivity contribution in [1.82, 2.24) is 20.3 Å². The molecular weight excluding hydrogens is 510 g/mol. The molecule has 2 heterocycles. The number of benzene rings is 3. The third kappa shape index (κ3) is 6.07. The minimum absolute atomic E-state index is 0.0448. The molecular formula is C30H33N5O5. The largest absolute Gasteiger partial charge is 0.497 e. The van der Waals surface area contributed by atoms with Crippen LogP contribution >= 0.6 is 0 Å². The Balaban J connectivity index is 1.53. The Labute approximate surface area is 232 Å². The second-order valence-corrected chi connectivity index (χ2v) is 9.48. The van der Waals surface area contributed by atoms with Gasteiger partial charge in [0.1, 0.15) is 29.6 Å². The molecule has 0 spiro atoms. The lowest BCUT2D eigenvalue weighted by atomic mass is 10.0. The van der Waals surface area contributed by atoms with E-state index in [0.29, 0.717) is 48.0 Å². The summed E-state index contributed by atoms with van der Waals surface area (Å²) in [5, 5.41) is 11.4. The number of para-hydroxylation sites is 1. The molecule has 1 fully saturated rings. The van der Waals surface area contributed by atoms with Crippen LogP contribution in [0.4, 0.5) is 5.69 Å². The van der Waals surface area contributed by atoms with Crippen LogP contribution in [0.15, 0.2) is 72.8 Å². The smallest absolute Gasteiger partial charge is 0.249 e. The third-order valence-corrected chi connectivity index (χ3v) is 6.87. The van der Waals surface area contributed by atoms with Crippen LogP contribution in [0.1, 0.15) is 31.4 Å². The number of nitrogens with one attached hydrogen (secondary N) is 1. The van der Waals surface area contributed by atoms with Crippen LogP contribution in [0.3, 0.4) is 0 Å². The van der Waals surface area contributed by atoms with Gasteiger partial charge in [-0.2, -0.15) is 0 Å². The van der Waals surface area contributed by atoms with Crippen molar-refractivity contribution in [2.75, 3.05) is 31.8 Å². The zero-order valence-electron chi connectivity index (χ0n) is 22.7. The topological polar surface area (TPSA) is 108 Å². The highest BCUT2D eigenvalue weighted by atomic mass is 16.5. The number of rotatable bonds is 11. The van der Waals surface area contributed by atoms with Crippen LogP contribution in [0.5, 0.6) is 11.5 Å². The number of hydrogen-bond donors (Lipinski definition) is 1. The monoisotopic (exact) mass is 543 g/mol. The van der Waals surface area contributed by atoms with Gasteiger partial charge < -0.3 is 19.5 Å². The number of carbonyl (C=O) groups excluding carboxylic acids is 2. The minimum atomic E-state index is -0.965. The maximum Gasteiger partial charge on any atom is 0.249 e. The van der Waals surface area contributed by atoms with Crippen molar-refractivity contribution in [3.63, 3.8) is 0 Å². The van der Waals surface area contributed by atoms with E-state index in [1.807, 2.05) is 31.2 Å². The van der Waals surface area contributed by atoms with Crippen molar-refractivity contribution in [2.24, 2.45) is 0 Å². The molecule has 0 aliphatic carbocycles. The molecule has 1 aromatic heterocycles. The van der Waals surface area contributed by atoms with Gasteiger partial charge in [-0.3, -0.25) is 14.5 Å². The van der Waals surface area contributed by atoms with E-state index in [1.54, 1.807) is 60.3 Å². The Morgan fingerprint density at radius 2 is 1.82 bits per heavy atom. The molecule has 0 saturated carbocycles. The number of hydrogen-bond acceptors (Lipinski definition) is 7. The maximum atomic E-state index is 14.1. The molecule has 0 radical (unpaired) electrons. The number of amides is 2. The molecule has 4 aromatic rings. The first-order chi connectivity index (χ1) is 19.6. The Hall–Kier alpha value is -4.44. The summed E-state index contributed by atoms with van der Waals surface area (Å²) in [6.45, 7) is 3.36. The molecule has 208 valence electrons. The average molecular weight is 544 g/mol. The van der Waals surface area contributed by atoms with E-state index < -0.39 is 6.04 Å². The molecule has 10 heteroatoms. The van der Waals surface area contributed by atoms with Crippen LogP contribution in [-0.4, -0.2) is 59.8 Å². The lowest BCUT2D eigenvalue weighted by Gasteiger charge is -2.32. The molecule has 3 aromatic carbocycles. The van der Waals surface area contributed by atoms with Crippen LogP contribution in [0.2, 0.25) is 0 Å². The Kier molecular flexibility index (Phi) is 8.56. The van der Waals surface area contributed by atoms with Crippen LogP contribution in [0, 0.1) is 0 Å². The van der Waals surface area contributed by atoms with Crippen molar-refractivity contribution in [2.45, 2.75) is 38.5 Å². The van der Waals surface area contributed by atoms with E-state index in [0.717, 1.165) is 18.4 Å². The lowest BCUT2D eigenvalue weighted by Crippen LogP contribution is -2.46. The van der Waals surface area contributed by atoms with E-state index in [2.05, 4.69) is 15.6 Å². The van der Waals surface area contributed by atoms with E-state index in [4.69, 9.17) is 14.2 Å². The van der Waals surface area contributed by atoms with Crippen molar-refractivity contribution >= 4 is 28.5 Å². The SMILES string of the molecule is CCOc1ccc(N(C(=O)Cn2nnc3ccccc32)[C@H](C(=O)NC[C@@H]2CCCO2)c2ccc(OC)cc2)cc1. The van der Waals surface area contributed by atoms with Crippen molar-refractivity contribution < 1.29 is 23.8 Å². The van der Waals surface area contributed by atoms with Gasteiger partial charge in [0.2, 0.25) is 11.8 Å². The molecule has 1 N–H and O–H groups in total. The summed E-state index contributed by atoms with van der Waals surface area (Å²) in [5.41, 5.74) is 2.59. The van der Waals surface area contributed by atoms with E-state index in [9.17, 15) is 9.59 Å². The fraction of sp³-hybridized carbons (Fsp3) is 0.333. The molecule has 2 atom stereocenters.